The molecule has 1 aromatic heterocycles. The third-order valence-corrected chi connectivity index (χ3v) is 5.75. The van der Waals surface area contributed by atoms with Gasteiger partial charge in [0.25, 0.3) is 5.91 Å². The van der Waals surface area contributed by atoms with E-state index < -0.39 is 0 Å². The number of carbonyl (C=O) groups excluding carboxylic acids is 2. The molecule has 0 bridgehead atoms. The number of thiazole rings is 1. The van der Waals surface area contributed by atoms with Crippen LogP contribution in [0.4, 0.5) is 0 Å². The first-order chi connectivity index (χ1) is 15.4. The maximum atomic E-state index is 12.8. The number of carbonyl (C=O) groups is 2. The van der Waals surface area contributed by atoms with Crippen LogP contribution in [0.5, 0.6) is 11.5 Å². The number of aromatic nitrogens is 1. The molecule has 0 radical (unpaired) electrons. The summed E-state index contributed by atoms with van der Waals surface area (Å²) in [5.41, 5.74) is 2.68. The van der Waals surface area contributed by atoms with Gasteiger partial charge in [-0.05, 0) is 44.5 Å². The van der Waals surface area contributed by atoms with Crippen LogP contribution in [0.3, 0.4) is 0 Å². The quantitative estimate of drug-likeness (QED) is 0.399. The van der Waals surface area contributed by atoms with E-state index in [1.807, 2.05) is 37.4 Å². The summed E-state index contributed by atoms with van der Waals surface area (Å²) < 4.78 is 11.3. The molecule has 0 atom stereocenters. The summed E-state index contributed by atoms with van der Waals surface area (Å²) in [4.78, 5) is 31.4. The lowest BCUT2D eigenvalue weighted by atomic mass is 9.99. The highest BCUT2D eigenvalue weighted by atomic mass is 32.1. The van der Waals surface area contributed by atoms with Gasteiger partial charge in [-0.2, -0.15) is 0 Å². The van der Waals surface area contributed by atoms with E-state index in [9.17, 15) is 9.59 Å². The Morgan fingerprint density at radius 2 is 1.66 bits per heavy atom. The highest BCUT2D eigenvalue weighted by Gasteiger charge is 2.18. The molecule has 0 unspecified atom stereocenters. The largest absolute Gasteiger partial charge is 0.490 e. The number of ketones is 1. The normalized spacial score (nSPS) is 10.6. The average molecular weight is 453 g/mol. The van der Waals surface area contributed by atoms with E-state index in [0.717, 1.165) is 16.3 Å². The summed E-state index contributed by atoms with van der Waals surface area (Å²) >= 11 is 1.53. The Morgan fingerprint density at radius 1 is 0.969 bits per heavy atom. The molecule has 0 aliphatic rings. The van der Waals surface area contributed by atoms with Crippen molar-refractivity contribution in [2.45, 2.75) is 26.7 Å². The minimum atomic E-state index is -0.175. The maximum absolute atomic E-state index is 12.8. The fourth-order valence-corrected chi connectivity index (χ4v) is 4.12. The molecule has 168 valence electrons. The van der Waals surface area contributed by atoms with Gasteiger partial charge in [-0.1, -0.05) is 18.2 Å². The van der Waals surface area contributed by atoms with Crippen LogP contribution >= 0.6 is 11.3 Å². The number of benzene rings is 2. The van der Waals surface area contributed by atoms with Gasteiger partial charge in [-0.15, -0.1) is 11.3 Å². The van der Waals surface area contributed by atoms with Crippen LogP contribution in [0, 0.1) is 0 Å². The summed E-state index contributed by atoms with van der Waals surface area (Å²) in [6.45, 7) is 4.99. The van der Waals surface area contributed by atoms with Crippen LogP contribution in [0.25, 0.3) is 10.6 Å². The molecule has 3 rings (SSSR count). The zero-order valence-electron chi connectivity index (χ0n) is 18.9. The third-order valence-electron chi connectivity index (χ3n) is 4.81. The van der Waals surface area contributed by atoms with Crippen LogP contribution in [-0.2, 0) is 6.42 Å². The zero-order chi connectivity index (χ0) is 23.1. The lowest BCUT2D eigenvalue weighted by Gasteiger charge is -2.13. The second-order valence-electron chi connectivity index (χ2n) is 7.34. The summed E-state index contributed by atoms with van der Waals surface area (Å²) in [7, 11) is 3.36. The van der Waals surface area contributed by atoms with E-state index in [1.165, 1.54) is 16.2 Å². The molecule has 2 aromatic carbocycles. The average Bonchev–Trinajstić information content (AvgIpc) is 3.27. The SMILES string of the molecule is CCOc1ccc(-c2nc(CCC(=O)c3ccccc3C(=O)N(C)C)cs2)cc1OCC. The van der Waals surface area contributed by atoms with Crippen LogP contribution in [0.1, 0.15) is 46.7 Å². The first kappa shape index (κ1) is 23.5. The van der Waals surface area contributed by atoms with Gasteiger partial charge in [0.05, 0.1) is 24.5 Å². The van der Waals surface area contributed by atoms with Crippen LogP contribution in [0.2, 0.25) is 0 Å². The second kappa shape index (κ2) is 10.9. The van der Waals surface area contributed by atoms with Gasteiger partial charge >= 0.3 is 0 Å². The van der Waals surface area contributed by atoms with Crippen molar-refractivity contribution in [2.24, 2.45) is 0 Å². The van der Waals surface area contributed by atoms with E-state index >= 15 is 0 Å². The fourth-order valence-electron chi connectivity index (χ4n) is 3.27. The number of amides is 1. The number of hydrogen-bond acceptors (Lipinski definition) is 6. The van der Waals surface area contributed by atoms with Crippen molar-refractivity contribution >= 4 is 23.0 Å². The van der Waals surface area contributed by atoms with Gasteiger partial charge in [0.2, 0.25) is 0 Å². The molecule has 1 heterocycles. The van der Waals surface area contributed by atoms with E-state index in [2.05, 4.69) is 0 Å². The predicted octanol–water partition coefficient (Wildman–Crippen LogP) is 5.12. The molecule has 0 aliphatic heterocycles. The van der Waals surface area contributed by atoms with E-state index in [1.54, 1.807) is 38.4 Å². The Bertz CT molecular complexity index is 1090. The van der Waals surface area contributed by atoms with E-state index in [0.29, 0.717) is 42.3 Å². The van der Waals surface area contributed by atoms with Gasteiger partial charge < -0.3 is 14.4 Å². The highest BCUT2D eigenvalue weighted by molar-refractivity contribution is 7.13. The lowest BCUT2D eigenvalue weighted by Crippen LogP contribution is -2.24. The Hall–Kier alpha value is -3.19. The lowest BCUT2D eigenvalue weighted by molar-refractivity contribution is 0.0820. The Morgan fingerprint density at radius 3 is 2.34 bits per heavy atom. The minimum Gasteiger partial charge on any atom is -0.490 e. The van der Waals surface area contributed by atoms with Crippen molar-refractivity contribution in [1.29, 1.82) is 0 Å². The molecule has 0 fully saturated rings. The first-order valence-electron chi connectivity index (χ1n) is 10.6. The molecule has 0 spiro atoms. The van der Waals surface area contributed by atoms with Gasteiger partial charge in [-0.25, -0.2) is 4.98 Å². The fraction of sp³-hybridized carbons (Fsp3) is 0.320. The minimum absolute atomic E-state index is 0.0648. The highest BCUT2D eigenvalue weighted by Crippen LogP contribution is 2.34. The van der Waals surface area contributed by atoms with Crippen molar-refractivity contribution in [2.75, 3.05) is 27.3 Å². The second-order valence-corrected chi connectivity index (χ2v) is 8.20. The van der Waals surface area contributed by atoms with Gasteiger partial charge in [0.1, 0.15) is 5.01 Å². The van der Waals surface area contributed by atoms with Crippen molar-refractivity contribution < 1.29 is 19.1 Å². The van der Waals surface area contributed by atoms with Gasteiger partial charge in [0.15, 0.2) is 17.3 Å². The van der Waals surface area contributed by atoms with E-state index in [-0.39, 0.29) is 18.1 Å². The molecular weight excluding hydrogens is 424 g/mol. The van der Waals surface area contributed by atoms with Crippen molar-refractivity contribution in [3.05, 3.63) is 64.7 Å². The molecule has 0 saturated heterocycles. The predicted molar refractivity (Wildman–Crippen MR) is 127 cm³/mol. The van der Waals surface area contributed by atoms with Crippen LogP contribution in [0.15, 0.2) is 47.8 Å². The first-order valence-corrected chi connectivity index (χ1v) is 11.5. The third kappa shape index (κ3) is 5.53. The molecule has 0 saturated carbocycles. The maximum Gasteiger partial charge on any atom is 0.254 e. The van der Waals surface area contributed by atoms with Crippen LogP contribution < -0.4 is 9.47 Å². The molecule has 6 nitrogen and oxygen atoms in total. The molecule has 1 amide bonds. The Labute approximate surface area is 192 Å². The van der Waals surface area contributed by atoms with Crippen molar-refractivity contribution in [1.82, 2.24) is 9.88 Å². The molecule has 0 aliphatic carbocycles. The van der Waals surface area contributed by atoms with E-state index in [4.69, 9.17) is 14.5 Å². The van der Waals surface area contributed by atoms with Crippen molar-refractivity contribution in [3.8, 4) is 22.1 Å². The number of rotatable bonds is 10. The molecule has 7 heteroatoms. The summed E-state index contributed by atoms with van der Waals surface area (Å²) in [5, 5.41) is 2.83. The summed E-state index contributed by atoms with van der Waals surface area (Å²) in [6.07, 6.45) is 0.795. The number of nitrogens with zero attached hydrogens (tertiary/aromatic N) is 2. The van der Waals surface area contributed by atoms with Gasteiger partial charge in [0, 0.05) is 37.0 Å². The Kier molecular flexibility index (Phi) is 8.00. The zero-order valence-corrected chi connectivity index (χ0v) is 19.7. The Balaban J connectivity index is 1.72. The number of hydrogen-bond donors (Lipinski definition) is 0. The summed E-state index contributed by atoms with van der Waals surface area (Å²) in [5.74, 6) is 1.17. The molecule has 3 aromatic rings. The smallest absolute Gasteiger partial charge is 0.254 e. The standard InChI is InChI=1S/C25H28N2O4S/c1-5-30-22-14-11-17(15-23(22)31-6-2)24-26-18(16-32-24)12-13-21(28)19-9-7-8-10-20(19)25(29)27(3)4/h7-11,14-16H,5-6,12-13H2,1-4H3. The molecule has 32 heavy (non-hydrogen) atoms. The van der Waals surface area contributed by atoms with Gasteiger partial charge in [-0.3, -0.25) is 9.59 Å². The summed E-state index contributed by atoms with van der Waals surface area (Å²) in [6, 6.07) is 12.7. The molecular formula is C25H28N2O4S. The number of Topliss-reactive ketones (excluding diaryl/α,β-unsaturated/α-hetero) is 1. The number of ether oxygens (including phenoxy) is 2. The monoisotopic (exact) mass is 452 g/mol. The number of aryl methyl sites for hydroxylation is 1. The van der Waals surface area contributed by atoms with Crippen LogP contribution in [-0.4, -0.2) is 48.9 Å². The molecule has 0 N–H and O–H groups in total. The topological polar surface area (TPSA) is 68.7 Å². The van der Waals surface area contributed by atoms with Crippen molar-refractivity contribution in [3.63, 3.8) is 0 Å².